The molecule has 1 atom stereocenters. The number of hydrogen-bond donors (Lipinski definition) is 1. The number of carbonyl (C=O) groups is 1. The van der Waals surface area contributed by atoms with Crippen molar-refractivity contribution in [3.05, 3.63) is 22.4 Å². The lowest BCUT2D eigenvalue weighted by Gasteiger charge is -2.22. The number of thiophene rings is 1. The van der Waals surface area contributed by atoms with E-state index in [9.17, 15) is 4.79 Å². The van der Waals surface area contributed by atoms with Gasteiger partial charge in [0, 0.05) is 23.4 Å². The summed E-state index contributed by atoms with van der Waals surface area (Å²) in [4.78, 5) is 11.7. The van der Waals surface area contributed by atoms with Crippen LogP contribution in [0.5, 0.6) is 0 Å². The van der Waals surface area contributed by atoms with Gasteiger partial charge in [-0.2, -0.15) is 11.3 Å². The molecule has 0 radical (unpaired) electrons. The Morgan fingerprint density at radius 3 is 3.13 bits per heavy atom. The summed E-state index contributed by atoms with van der Waals surface area (Å²) in [5.41, 5.74) is 0.885. The van der Waals surface area contributed by atoms with Crippen LogP contribution in [0.3, 0.4) is 0 Å². The second-order valence-corrected chi connectivity index (χ2v) is 4.90. The van der Waals surface area contributed by atoms with E-state index in [1.807, 2.05) is 16.8 Å². The second kappa shape index (κ2) is 5.42. The Morgan fingerprint density at radius 1 is 1.53 bits per heavy atom. The first-order valence-electron chi connectivity index (χ1n) is 5.65. The van der Waals surface area contributed by atoms with E-state index in [1.165, 1.54) is 19.3 Å². The van der Waals surface area contributed by atoms with Gasteiger partial charge in [-0.05, 0) is 37.3 Å². The van der Waals surface area contributed by atoms with Gasteiger partial charge in [-0.1, -0.05) is 6.42 Å². The molecule has 1 fully saturated rings. The van der Waals surface area contributed by atoms with Gasteiger partial charge in [-0.15, -0.1) is 0 Å². The SMILES string of the molecule is O=C(CCC1CCCCN1)c1ccsc1. The van der Waals surface area contributed by atoms with Gasteiger partial charge in [0.1, 0.15) is 0 Å². The summed E-state index contributed by atoms with van der Waals surface area (Å²) in [7, 11) is 0. The minimum absolute atomic E-state index is 0.295. The van der Waals surface area contributed by atoms with Crippen LogP contribution in [0, 0.1) is 0 Å². The third-order valence-electron chi connectivity index (χ3n) is 2.98. The molecule has 1 saturated heterocycles. The highest BCUT2D eigenvalue weighted by molar-refractivity contribution is 7.08. The fourth-order valence-electron chi connectivity index (χ4n) is 2.04. The van der Waals surface area contributed by atoms with Crippen molar-refractivity contribution in [2.45, 2.75) is 38.1 Å². The highest BCUT2D eigenvalue weighted by Gasteiger charge is 2.14. The summed E-state index contributed by atoms with van der Waals surface area (Å²) in [5, 5.41) is 7.38. The zero-order valence-electron chi connectivity index (χ0n) is 8.87. The molecule has 1 aliphatic rings. The molecule has 0 bridgehead atoms. The van der Waals surface area contributed by atoms with E-state index in [0.717, 1.165) is 18.5 Å². The average Bonchev–Trinajstić information content (AvgIpc) is 2.81. The summed E-state index contributed by atoms with van der Waals surface area (Å²) in [6, 6.07) is 2.49. The number of Topliss-reactive ketones (excluding diaryl/α,β-unsaturated/α-hetero) is 1. The first-order valence-corrected chi connectivity index (χ1v) is 6.59. The molecule has 15 heavy (non-hydrogen) atoms. The van der Waals surface area contributed by atoms with Crippen LogP contribution >= 0.6 is 11.3 Å². The van der Waals surface area contributed by atoms with Crippen molar-refractivity contribution in [1.82, 2.24) is 5.32 Å². The standard InChI is InChI=1S/C12H17NOS/c14-12(10-6-8-15-9-10)5-4-11-3-1-2-7-13-11/h6,8-9,11,13H,1-5,7H2. The van der Waals surface area contributed by atoms with Crippen molar-refractivity contribution in [2.75, 3.05) is 6.54 Å². The van der Waals surface area contributed by atoms with Gasteiger partial charge in [0.25, 0.3) is 0 Å². The van der Waals surface area contributed by atoms with Crippen LogP contribution in [-0.2, 0) is 0 Å². The third-order valence-corrected chi connectivity index (χ3v) is 3.66. The van der Waals surface area contributed by atoms with Gasteiger partial charge in [-0.3, -0.25) is 4.79 Å². The van der Waals surface area contributed by atoms with E-state index in [0.29, 0.717) is 18.2 Å². The zero-order valence-corrected chi connectivity index (χ0v) is 9.69. The molecule has 1 aromatic rings. The van der Waals surface area contributed by atoms with E-state index in [4.69, 9.17) is 0 Å². The number of carbonyl (C=O) groups excluding carboxylic acids is 1. The number of piperidine rings is 1. The van der Waals surface area contributed by atoms with Crippen LogP contribution in [-0.4, -0.2) is 18.4 Å². The first-order chi connectivity index (χ1) is 7.36. The van der Waals surface area contributed by atoms with Crippen LogP contribution in [0.15, 0.2) is 16.8 Å². The molecule has 0 amide bonds. The number of hydrogen-bond acceptors (Lipinski definition) is 3. The molecule has 0 spiro atoms. The maximum atomic E-state index is 11.7. The Balaban J connectivity index is 1.75. The van der Waals surface area contributed by atoms with E-state index in [-0.39, 0.29) is 0 Å². The Morgan fingerprint density at radius 2 is 2.47 bits per heavy atom. The molecular weight excluding hydrogens is 206 g/mol. The minimum atomic E-state index is 0.295. The van der Waals surface area contributed by atoms with Gasteiger partial charge < -0.3 is 5.32 Å². The molecule has 1 aromatic heterocycles. The molecule has 0 aromatic carbocycles. The lowest BCUT2D eigenvalue weighted by Crippen LogP contribution is -2.34. The molecule has 2 heterocycles. The quantitative estimate of drug-likeness (QED) is 0.795. The van der Waals surface area contributed by atoms with E-state index in [2.05, 4.69) is 5.32 Å². The Kier molecular flexibility index (Phi) is 3.92. The third kappa shape index (κ3) is 3.14. The van der Waals surface area contributed by atoms with Crippen molar-refractivity contribution in [3.63, 3.8) is 0 Å². The van der Waals surface area contributed by atoms with Crippen LogP contribution in [0.1, 0.15) is 42.5 Å². The molecule has 2 nitrogen and oxygen atoms in total. The second-order valence-electron chi connectivity index (χ2n) is 4.12. The molecule has 82 valence electrons. The fourth-order valence-corrected chi connectivity index (χ4v) is 2.70. The normalized spacial score (nSPS) is 21.5. The molecule has 0 saturated carbocycles. The van der Waals surface area contributed by atoms with Crippen molar-refractivity contribution in [2.24, 2.45) is 0 Å². The molecule has 1 unspecified atom stereocenters. The molecule has 3 heteroatoms. The summed E-state index contributed by atoms with van der Waals surface area (Å²) in [6.45, 7) is 1.12. The zero-order chi connectivity index (χ0) is 10.5. The molecule has 1 N–H and O–H groups in total. The molecular formula is C12H17NOS. The van der Waals surface area contributed by atoms with Gasteiger partial charge in [0.2, 0.25) is 0 Å². The largest absolute Gasteiger partial charge is 0.314 e. The summed E-state index contributed by atoms with van der Waals surface area (Å²) >= 11 is 1.59. The van der Waals surface area contributed by atoms with Gasteiger partial charge >= 0.3 is 0 Å². The predicted octanol–water partition coefficient (Wildman–Crippen LogP) is 2.85. The molecule has 2 rings (SSSR count). The summed E-state index contributed by atoms with van der Waals surface area (Å²) < 4.78 is 0. The smallest absolute Gasteiger partial charge is 0.163 e. The molecule has 1 aliphatic heterocycles. The maximum absolute atomic E-state index is 11.7. The highest BCUT2D eigenvalue weighted by Crippen LogP contribution is 2.15. The topological polar surface area (TPSA) is 29.1 Å². The van der Waals surface area contributed by atoms with Gasteiger partial charge in [0.05, 0.1) is 0 Å². The lowest BCUT2D eigenvalue weighted by molar-refractivity contribution is 0.0974. The first kappa shape index (κ1) is 10.8. The van der Waals surface area contributed by atoms with Crippen LogP contribution < -0.4 is 5.32 Å². The Bertz CT molecular complexity index is 301. The van der Waals surface area contributed by atoms with Gasteiger partial charge in [0.15, 0.2) is 5.78 Å². The van der Waals surface area contributed by atoms with E-state index in [1.54, 1.807) is 11.3 Å². The Hall–Kier alpha value is -0.670. The monoisotopic (exact) mass is 223 g/mol. The van der Waals surface area contributed by atoms with Crippen molar-refractivity contribution in [3.8, 4) is 0 Å². The fraction of sp³-hybridized carbons (Fsp3) is 0.583. The Labute approximate surface area is 94.7 Å². The van der Waals surface area contributed by atoms with Crippen LogP contribution in [0.2, 0.25) is 0 Å². The lowest BCUT2D eigenvalue weighted by atomic mass is 9.98. The summed E-state index contributed by atoms with van der Waals surface area (Å²) in [6.07, 6.45) is 5.51. The van der Waals surface area contributed by atoms with Crippen LogP contribution in [0.25, 0.3) is 0 Å². The van der Waals surface area contributed by atoms with Crippen LogP contribution in [0.4, 0.5) is 0 Å². The van der Waals surface area contributed by atoms with Crippen molar-refractivity contribution >= 4 is 17.1 Å². The van der Waals surface area contributed by atoms with E-state index >= 15 is 0 Å². The number of nitrogens with one attached hydrogen (secondary N) is 1. The van der Waals surface area contributed by atoms with E-state index < -0.39 is 0 Å². The van der Waals surface area contributed by atoms with Crippen molar-refractivity contribution in [1.29, 1.82) is 0 Å². The number of rotatable bonds is 4. The summed E-state index contributed by atoms with van der Waals surface area (Å²) in [5.74, 6) is 0.295. The maximum Gasteiger partial charge on any atom is 0.163 e. The minimum Gasteiger partial charge on any atom is -0.314 e. The predicted molar refractivity (Wildman–Crippen MR) is 63.5 cm³/mol. The average molecular weight is 223 g/mol. The molecule has 0 aliphatic carbocycles. The van der Waals surface area contributed by atoms with Gasteiger partial charge in [-0.25, -0.2) is 0 Å². The number of ketones is 1. The highest BCUT2D eigenvalue weighted by atomic mass is 32.1. The van der Waals surface area contributed by atoms with Crippen molar-refractivity contribution < 1.29 is 4.79 Å².